The van der Waals surface area contributed by atoms with Gasteiger partial charge in [-0.15, -0.1) is 11.3 Å². The number of hydrogen-bond acceptors (Lipinski definition) is 6. The van der Waals surface area contributed by atoms with Crippen LogP contribution in [0.4, 0.5) is 0 Å². The molecule has 2 heterocycles. The summed E-state index contributed by atoms with van der Waals surface area (Å²) >= 11 is 1.69. The van der Waals surface area contributed by atoms with Gasteiger partial charge in [-0.05, 0) is 80.3 Å². The maximum Gasteiger partial charge on any atom is 0.137 e. The molecule has 0 amide bonds. The summed E-state index contributed by atoms with van der Waals surface area (Å²) in [5.74, 6) is 1.19. The number of hydrogen-bond donors (Lipinski definition) is 1. The first-order valence-electron chi connectivity index (χ1n) is 12.2. The Hall–Kier alpha value is -2.72. The Morgan fingerprint density at radius 1 is 1.21 bits per heavy atom. The molecule has 0 radical (unpaired) electrons. The zero-order valence-corrected chi connectivity index (χ0v) is 20.7. The Morgan fingerprint density at radius 2 is 2.06 bits per heavy atom. The van der Waals surface area contributed by atoms with E-state index in [1.165, 1.54) is 28.0 Å². The highest BCUT2D eigenvalue weighted by Crippen LogP contribution is 2.42. The van der Waals surface area contributed by atoms with Crippen molar-refractivity contribution in [1.82, 2.24) is 10.3 Å². The zero-order chi connectivity index (χ0) is 23.5. The Bertz CT molecular complexity index is 1190. The van der Waals surface area contributed by atoms with Gasteiger partial charge in [-0.3, -0.25) is 0 Å². The van der Waals surface area contributed by atoms with Crippen LogP contribution in [0.25, 0.3) is 21.0 Å². The average molecular weight is 474 g/mol. The van der Waals surface area contributed by atoms with Gasteiger partial charge in [0.15, 0.2) is 0 Å². The molecule has 3 aromatic rings. The molecule has 5 rings (SSSR count). The quantitative estimate of drug-likeness (QED) is 0.460. The number of nitriles is 1. The largest absolute Gasteiger partial charge is 0.490 e. The van der Waals surface area contributed by atoms with Gasteiger partial charge in [0.2, 0.25) is 0 Å². The highest BCUT2D eigenvalue weighted by Gasteiger charge is 2.26. The van der Waals surface area contributed by atoms with Crippen molar-refractivity contribution in [3.63, 3.8) is 0 Å². The second kappa shape index (κ2) is 10.3. The third-order valence-electron chi connectivity index (χ3n) is 6.75. The number of rotatable bonds is 7. The fourth-order valence-electron chi connectivity index (χ4n) is 5.03. The maximum atomic E-state index is 9.59. The molecule has 2 aliphatic rings. The predicted octanol–water partition coefficient (Wildman–Crippen LogP) is 5.93. The molecule has 5 nitrogen and oxygen atoms in total. The van der Waals surface area contributed by atoms with Gasteiger partial charge >= 0.3 is 0 Å². The molecule has 6 heteroatoms. The van der Waals surface area contributed by atoms with Gasteiger partial charge in [-0.2, -0.15) is 5.26 Å². The molecule has 1 atom stereocenters. The van der Waals surface area contributed by atoms with Crippen LogP contribution in [-0.4, -0.2) is 36.9 Å². The number of nitrogens with zero attached hydrogens (tertiary/aromatic N) is 2. The number of thiazole rings is 1. The Morgan fingerprint density at radius 3 is 2.85 bits per heavy atom. The van der Waals surface area contributed by atoms with Crippen LogP contribution in [-0.2, 0) is 11.2 Å². The number of fused-ring (bicyclic) bond motifs is 1. The molecule has 1 aromatic heterocycles. The minimum absolute atomic E-state index is 0.0281. The van der Waals surface area contributed by atoms with E-state index in [0.29, 0.717) is 23.3 Å². The van der Waals surface area contributed by atoms with E-state index in [4.69, 9.17) is 14.5 Å². The summed E-state index contributed by atoms with van der Waals surface area (Å²) in [4.78, 5) is 5.90. The van der Waals surface area contributed by atoms with Crippen LogP contribution >= 0.6 is 11.3 Å². The van der Waals surface area contributed by atoms with Crippen molar-refractivity contribution in [3.8, 4) is 32.8 Å². The smallest absolute Gasteiger partial charge is 0.137 e. The summed E-state index contributed by atoms with van der Waals surface area (Å²) in [6.45, 7) is 6.72. The van der Waals surface area contributed by atoms with E-state index in [2.05, 4.69) is 29.6 Å². The van der Waals surface area contributed by atoms with E-state index >= 15 is 0 Å². The molecule has 2 aromatic carbocycles. The Labute approximate surface area is 205 Å². The molecule has 1 saturated heterocycles. The second-order valence-electron chi connectivity index (χ2n) is 9.42. The molecule has 0 bridgehead atoms. The molecule has 0 spiro atoms. The lowest BCUT2D eigenvalue weighted by atomic mass is 9.97. The van der Waals surface area contributed by atoms with E-state index in [1.807, 2.05) is 38.2 Å². The number of ether oxygens (including phenoxy) is 2. The molecule has 0 saturated carbocycles. The lowest BCUT2D eigenvalue weighted by molar-refractivity contribution is 0.0776. The molecular formula is C28H31N3O2S. The number of benzene rings is 2. The minimum atomic E-state index is 0.0281. The van der Waals surface area contributed by atoms with Crippen molar-refractivity contribution in [2.24, 2.45) is 0 Å². The molecule has 1 N–H and O–H groups in total. The van der Waals surface area contributed by atoms with E-state index in [9.17, 15) is 5.26 Å². The van der Waals surface area contributed by atoms with Crippen LogP contribution in [0.3, 0.4) is 0 Å². The van der Waals surface area contributed by atoms with Crippen molar-refractivity contribution in [1.29, 1.82) is 5.26 Å². The van der Waals surface area contributed by atoms with Crippen LogP contribution in [0.15, 0.2) is 42.6 Å². The first-order chi connectivity index (χ1) is 16.6. The molecule has 1 aliphatic heterocycles. The third kappa shape index (κ3) is 4.88. The van der Waals surface area contributed by atoms with Gasteiger partial charge in [-0.1, -0.05) is 18.2 Å². The first kappa shape index (κ1) is 23.0. The van der Waals surface area contributed by atoms with E-state index in [1.54, 1.807) is 11.3 Å². The summed E-state index contributed by atoms with van der Waals surface area (Å²) in [5.41, 5.74) is 5.75. The van der Waals surface area contributed by atoms with E-state index in [-0.39, 0.29) is 6.10 Å². The van der Waals surface area contributed by atoms with E-state index < -0.39 is 0 Å². The van der Waals surface area contributed by atoms with E-state index in [0.717, 1.165) is 49.6 Å². The number of nitrogens with one attached hydrogen (secondary N) is 1. The van der Waals surface area contributed by atoms with Gasteiger partial charge < -0.3 is 14.8 Å². The Balaban J connectivity index is 1.35. The topological polar surface area (TPSA) is 67.2 Å². The number of aromatic nitrogens is 1. The third-order valence-corrected chi connectivity index (χ3v) is 7.83. The SMILES string of the molecule is CC(C)Oc1ccc(-c2ncc(-c3cccc4c3CCC4CNC3CCOCC3)s2)cc1C#N. The molecule has 34 heavy (non-hydrogen) atoms. The monoisotopic (exact) mass is 473 g/mol. The standard InChI is InChI=1S/C28H31N3O2S/c1-18(2)33-26-9-7-19(14-21(26)15-29)28-31-17-27(34-28)25-5-3-4-23-20(6-8-24(23)25)16-30-22-10-12-32-13-11-22/h3-5,7,9,14,17-18,20,22,30H,6,8,10-13,16H2,1-2H3. The van der Waals surface area contributed by atoms with Crippen LogP contribution in [0.1, 0.15) is 55.7 Å². The van der Waals surface area contributed by atoms with Crippen molar-refractivity contribution < 1.29 is 9.47 Å². The van der Waals surface area contributed by atoms with Crippen LogP contribution in [0, 0.1) is 11.3 Å². The van der Waals surface area contributed by atoms with Gasteiger partial charge in [-0.25, -0.2) is 4.98 Å². The normalized spacial score (nSPS) is 18.1. The average Bonchev–Trinajstić information content (AvgIpc) is 3.51. The lowest BCUT2D eigenvalue weighted by Gasteiger charge is -2.25. The zero-order valence-electron chi connectivity index (χ0n) is 19.8. The molecule has 1 unspecified atom stereocenters. The van der Waals surface area contributed by atoms with Crippen LogP contribution < -0.4 is 10.1 Å². The fraction of sp³-hybridized carbons (Fsp3) is 0.429. The van der Waals surface area contributed by atoms with Crippen molar-refractivity contribution in [2.45, 2.75) is 57.6 Å². The van der Waals surface area contributed by atoms with Gasteiger partial charge in [0.1, 0.15) is 16.8 Å². The predicted molar refractivity (Wildman–Crippen MR) is 136 cm³/mol. The summed E-state index contributed by atoms with van der Waals surface area (Å²) < 4.78 is 11.3. The summed E-state index contributed by atoms with van der Waals surface area (Å²) in [6, 6.07) is 15.3. The minimum Gasteiger partial charge on any atom is -0.490 e. The summed E-state index contributed by atoms with van der Waals surface area (Å²) in [6.07, 6.45) is 6.53. The highest BCUT2D eigenvalue weighted by molar-refractivity contribution is 7.18. The molecule has 176 valence electrons. The Kier molecular flexibility index (Phi) is 6.96. The highest BCUT2D eigenvalue weighted by atomic mass is 32.1. The van der Waals surface area contributed by atoms with Gasteiger partial charge in [0.25, 0.3) is 0 Å². The van der Waals surface area contributed by atoms with Gasteiger partial charge in [0, 0.05) is 37.6 Å². The molecule has 1 aliphatic carbocycles. The van der Waals surface area contributed by atoms with Crippen molar-refractivity contribution in [2.75, 3.05) is 19.8 Å². The molecule has 1 fully saturated rings. The van der Waals surface area contributed by atoms with Gasteiger partial charge in [0.05, 0.1) is 16.5 Å². The molecular weight excluding hydrogens is 442 g/mol. The van der Waals surface area contributed by atoms with Crippen LogP contribution in [0.5, 0.6) is 5.75 Å². The van der Waals surface area contributed by atoms with Crippen LogP contribution in [0.2, 0.25) is 0 Å². The lowest BCUT2D eigenvalue weighted by Crippen LogP contribution is -2.36. The summed E-state index contributed by atoms with van der Waals surface area (Å²) in [5, 5.41) is 14.3. The van der Waals surface area contributed by atoms with Crippen molar-refractivity contribution >= 4 is 11.3 Å². The first-order valence-corrected chi connectivity index (χ1v) is 13.0. The maximum absolute atomic E-state index is 9.59. The summed E-state index contributed by atoms with van der Waals surface area (Å²) in [7, 11) is 0. The van der Waals surface area contributed by atoms with Crippen molar-refractivity contribution in [3.05, 3.63) is 59.3 Å². The second-order valence-corrected chi connectivity index (χ2v) is 10.5. The fourth-order valence-corrected chi connectivity index (χ4v) is 6.00.